The molecule has 5 rings (SSSR count). The SMILES string of the molecule is COc1cccc(S(=O)(=O)N2CCCN(C3=Nc4cc(C(F)(F)F)ccc4Oc4ccc(OC)cc43)CC2)c1. The molecule has 0 N–H and O–H groups in total. The van der Waals surface area contributed by atoms with E-state index in [0.717, 1.165) is 12.1 Å². The fourth-order valence-corrected chi connectivity index (χ4v) is 6.06. The molecule has 0 aliphatic carbocycles. The van der Waals surface area contributed by atoms with E-state index in [9.17, 15) is 21.6 Å². The van der Waals surface area contributed by atoms with Gasteiger partial charge in [-0.3, -0.25) is 0 Å². The Hall–Kier alpha value is -3.77. The molecule has 0 unspecified atom stereocenters. The van der Waals surface area contributed by atoms with Crippen LogP contribution in [0, 0.1) is 0 Å². The van der Waals surface area contributed by atoms with Gasteiger partial charge in [-0.05, 0) is 55.0 Å². The fraction of sp³-hybridized carbons (Fsp3) is 0.296. The molecule has 0 spiro atoms. The standard InChI is InChI=1S/C27H26F3N3O5S/c1-36-19-5-3-6-21(16-19)39(34,35)33-12-4-11-32(13-14-33)26-22-17-20(37-2)8-10-24(22)38-25-9-7-18(27(28,29)30)15-23(25)31-26/h3,5-10,15-17H,4,11-14H2,1-2H3. The van der Waals surface area contributed by atoms with Gasteiger partial charge in [-0.25, -0.2) is 13.4 Å². The van der Waals surface area contributed by atoms with Crippen LogP contribution in [-0.2, 0) is 16.2 Å². The predicted molar refractivity (Wildman–Crippen MR) is 139 cm³/mol. The van der Waals surface area contributed by atoms with E-state index < -0.39 is 21.8 Å². The van der Waals surface area contributed by atoms with E-state index in [-0.39, 0.29) is 36.0 Å². The van der Waals surface area contributed by atoms with Crippen LogP contribution in [0.4, 0.5) is 18.9 Å². The smallest absolute Gasteiger partial charge is 0.416 e. The zero-order valence-corrected chi connectivity index (χ0v) is 22.1. The average Bonchev–Trinajstić information content (AvgIpc) is 3.27. The minimum atomic E-state index is -4.55. The molecule has 39 heavy (non-hydrogen) atoms. The summed E-state index contributed by atoms with van der Waals surface area (Å²) in [4.78, 5) is 6.64. The molecule has 2 heterocycles. The molecule has 8 nitrogen and oxygen atoms in total. The Morgan fingerprint density at radius 3 is 2.36 bits per heavy atom. The second-order valence-corrected chi connectivity index (χ2v) is 10.9. The molecule has 1 saturated heterocycles. The summed E-state index contributed by atoms with van der Waals surface area (Å²) in [6, 6.07) is 14.5. The van der Waals surface area contributed by atoms with Crippen molar-refractivity contribution in [2.45, 2.75) is 17.5 Å². The van der Waals surface area contributed by atoms with Gasteiger partial charge in [0.05, 0.1) is 30.2 Å². The van der Waals surface area contributed by atoms with E-state index in [4.69, 9.17) is 14.2 Å². The number of methoxy groups -OCH3 is 2. The number of ether oxygens (including phenoxy) is 3. The Morgan fingerprint density at radius 2 is 1.62 bits per heavy atom. The first-order valence-electron chi connectivity index (χ1n) is 12.2. The average molecular weight is 562 g/mol. The molecule has 206 valence electrons. The van der Waals surface area contributed by atoms with Crippen LogP contribution in [0.25, 0.3) is 0 Å². The maximum Gasteiger partial charge on any atom is 0.416 e. The molecule has 3 aromatic rings. The first-order valence-corrected chi connectivity index (χ1v) is 13.6. The third-order valence-electron chi connectivity index (χ3n) is 6.59. The van der Waals surface area contributed by atoms with Crippen molar-refractivity contribution in [3.8, 4) is 23.0 Å². The molecule has 2 aliphatic heterocycles. The molecule has 2 aliphatic rings. The number of sulfonamides is 1. The minimum absolute atomic E-state index is 0.0279. The summed E-state index contributed by atoms with van der Waals surface area (Å²) >= 11 is 0. The second kappa shape index (κ2) is 10.4. The maximum absolute atomic E-state index is 13.5. The van der Waals surface area contributed by atoms with Crippen LogP contribution >= 0.6 is 0 Å². The number of benzene rings is 3. The Kier molecular flexibility index (Phi) is 7.17. The van der Waals surface area contributed by atoms with Gasteiger partial charge in [-0.2, -0.15) is 17.5 Å². The third kappa shape index (κ3) is 5.39. The normalized spacial score (nSPS) is 16.2. The molecule has 0 bridgehead atoms. The molecule has 0 saturated carbocycles. The lowest BCUT2D eigenvalue weighted by atomic mass is 10.1. The van der Waals surface area contributed by atoms with E-state index in [0.29, 0.717) is 41.6 Å². The number of hydrogen-bond acceptors (Lipinski definition) is 7. The minimum Gasteiger partial charge on any atom is -0.497 e. The molecule has 3 aromatic carbocycles. The summed E-state index contributed by atoms with van der Waals surface area (Å²) in [5, 5.41) is 0. The van der Waals surface area contributed by atoms with Crippen LogP contribution in [0.2, 0.25) is 0 Å². The number of hydrogen-bond donors (Lipinski definition) is 0. The Balaban J connectivity index is 1.51. The van der Waals surface area contributed by atoms with E-state index in [1.807, 2.05) is 4.90 Å². The Labute approximate surface area is 224 Å². The van der Waals surface area contributed by atoms with Gasteiger partial charge in [0.2, 0.25) is 10.0 Å². The summed E-state index contributed by atoms with van der Waals surface area (Å²) < 4.78 is 85.2. The summed E-state index contributed by atoms with van der Waals surface area (Å²) in [5.74, 6) is 1.91. The molecule has 0 aromatic heterocycles. The van der Waals surface area contributed by atoms with Crippen LogP contribution in [0.1, 0.15) is 17.5 Å². The summed E-state index contributed by atoms with van der Waals surface area (Å²) in [6.07, 6.45) is -4.08. The number of aliphatic imine (C=N–C) groups is 1. The zero-order valence-electron chi connectivity index (χ0n) is 21.2. The Morgan fingerprint density at radius 1 is 0.872 bits per heavy atom. The number of nitrogens with zero attached hydrogens (tertiary/aromatic N) is 3. The van der Waals surface area contributed by atoms with Crippen molar-refractivity contribution in [3.63, 3.8) is 0 Å². The van der Waals surface area contributed by atoms with Gasteiger partial charge >= 0.3 is 6.18 Å². The van der Waals surface area contributed by atoms with E-state index in [1.54, 1.807) is 30.3 Å². The number of fused-ring (bicyclic) bond motifs is 2. The van der Waals surface area contributed by atoms with Gasteiger partial charge in [0.1, 0.15) is 28.8 Å². The summed E-state index contributed by atoms with van der Waals surface area (Å²) in [5.41, 5.74) is -0.286. The van der Waals surface area contributed by atoms with Gasteiger partial charge in [0, 0.05) is 32.2 Å². The first-order chi connectivity index (χ1) is 18.6. The monoisotopic (exact) mass is 561 g/mol. The van der Waals surface area contributed by atoms with Gasteiger partial charge in [0.25, 0.3) is 0 Å². The molecule has 1 fully saturated rings. The quantitative estimate of drug-likeness (QED) is 0.430. The second-order valence-electron chi connectivity index (χ2n) is 9.00. The van der Waals surface area contributed by atoms with Crippen molar-refractivity contribution in [3.05, 3.63) is 71.8 Å². The van der Waals surface area contributed by atoms with E-state index in [1.165, 1.54) is 36.7 Å². The van der Waals surface area contributed by atoms with Crippen LogP contribution in [0.5, 0.6) is 23.0 Å². The van der Waals surface area contributed by atoms with Gasteiger partial charge < -0.3 is 19.1 Å². The van der Waals surface area contributed by atoms with Crippen molar-refractivity contribution >= 4 is 21.5 Å². The number of amidine groups is 1. The van der Waals surface area contributed by atoms with Crippen molar-refractivity contribution in [2.75, 3.05) is 40.4 Å². The van der Waals surface area contributed by atoms with Gasteiger partial charge in [-0.15, -0.1) is 0 Å². The van der Waals surface area contributed by atoms with Crippen molar-refractivity contribution in [2.24, 2.45) is 4.99 Å². The van der Waals surface area contributed by atoms with Crippen molar-refractivity contribution < 1.29 is 35.8 Å². The maximum atomic E-state index is 13.5. The van der Waals surface area contributed by atoms with Gasteiger partial charge in [0.15, 0.2) is 5.75 Å². The number of halogens is 3. The Bertz CT molecular complexity index is 1530. The molecular weight excluding hydrogens is 535 g/mol. The molecular formula is C27H26F3N3O5S. The highest BCUT2D eigenvalue weighted by atomic mass is 32.2. The molecule has 12 heteroatoms. The van der Waals surface area contributed by atoms with Gasteiger partial charge in [-0.1, -0.05) is 6.07 Å². The van der Waals surface area contributed by atoms with E-state index in [2.05, 4.69) is 4.99 Å². The number of alkyl halides is 3. The topological polar surface area (TPSA) is 80.7 Å². The van der Waals surface area contributed by atoms with Crippen molar-refractivity contribution in [1.82, 2.24) is 9.21 Å². The third-order valence-corrected chi connectivity index (χ3v) is 8.49. The van der Waals surface area contributed by atoms with Crippen LogP contribution in [-0.4, -0.2) is 63.9 Å². The van der Waals surface area contributed by atoms with E-state index >= 15 is 0 Å². The van der Waals surface area contributed by atoms with Crippen molar-refractivity contribution in [1.29, 1.82) is 0 Å². The number of rotatable bonds is 4. The van der Waals surface area contributed by atoms with Crippen LogP contribution in [0.3, 0.4) is 0 Å². The zero-order chi connectivity index (χ0) is 27.8. The lowest BCUT2D eigenvalue weighted by Gasteiger charge is -2.25. The van der Waals surface area contributed by atoms with Crippen LogP contribution < -0.4 is 14.2 Å². The lowest BCUT2D eigenvalue weighted by Crippen LogP contribution is -2.37. The first kappa shape index (κ1) is 26.8. The predicted octanol–water partition coefficient (Wildman–Crippen LogP) is 5.30. The highest BCUT2D eigenvalue weighted by Gasteiger charge is 2.33. The molecule has 0 amide bonds. The lowest BCUT2D eigenvalue weighted by molar-refractivity contribution is -0.137. The summed E-state index contributed by atoms with van der Waals surface area (Å²) in [6.45, 7) is 1.09. The molecule has 0 radical (unpaired) electrons. The summed E-state index contributed by atoms with van der Waals surface area (Å²) in [7, 11) is -0.829. The highest BCUT2D eigenvalue weighted by molar-refractivity contribution is 7.89. The highest BCUT2D eigenvalue weighted by Crippen LogP contribution is 2.42. The fourth-order valence-electron chi connectivity index (χ4n) is 4.56. The largest absolute Gasteiger partial charge is 0.497 e. The molecule has 0 atom stereocenters. The van der Waals surface area contributed by atoms with Crippen LogP contribution in [0.15, 0.2) is 70.6 Å².